The minimum absolute atomic E-state index is 0.0607. The Balaban J connectivity index is 2.25. The van der Waals surface area contributed by atoms with E-state index in [1.165, 1.54) is 0 Å². The van der Waals surface area contributed by atoms with Crippen LogP contribution in [0.1, 0.15) is 15.9 Å². The Morgan fingerprint density at radius 2 is 1.65 bits per heavy atom. The molecule has 0 aliphatic heterocycles. The van der Waals surface area contributed by atoms with E-state index in [-0.39, 0.29) is 16.2 Å². The van der Waals surface area contributed by atoms with Crippen molar-refractivity contribution in [3.63, 3.8) is 0 Å². The zero-order valence-corrected chi connectivity index (χ0v) is 12.4. The number of hydrogen-bond donors (Lipinski definition) is 1. The molecule has 0 saturated carbocycles. The first-order chi connectivity index (χ1) is 10.9. The predicted octanol–water partition coefficient (Wildman–Crippen LogP) is 2.02. The van der Waals surface area contributed by atoms with Crippen molar-refractivity contribution in [2.45, 2.75) is 4.90 Å². The van der Waals surface area contributed by atoms with Gasteiger partial charge in [0, 0.05) is 5.56 Å². The van der Waals surface area contributed by atoms with Gasteiger partial charge in [0.05, 0.1) is 5.56 Å². The van der Waals surface area contributed by atoms with Crippen LogP contribution in [0, 0.1) is 11.3 Å². The highest BCUT2D eigenvalue weighted by molar-refractivity contribution is 7.86. The molecule has 8 heteroatoms. The average molecular weight is 330 g/mol. The van der Waals surface area contributed by atoms with Crippen LogP contribution in [0.2, 0.25) is 0 Å². The molecule has 116 valence electrons. The molecule has 0 aromatic heterocycles. The monoisotopic (exact) mass is 330 g/mol. The number of oxime groups is 1. The third kappa shape index (κ3) is 3.93. The van der Waals surface area contributed by atoms with Crippen molar-refractivity contribution in [3.05, 3.63) is 65.7 Å². The Bertz CT molecular complexity index is 882. The molecule has 2 aromatic rings. The Morgan fingerprint density at radius 1 is 1.04 bits per heavy atom. The van der Waals surface area contributed by atoms with Crippen LogP contribution in [0.15, 0.2) is 64.6 Å². The van der Waals surface area contributed by atoms with E-state index in [0.717, 1.165) is 24.3 Å². The first kappa shape index (κ1) is 16.2. The molecule has 0 spiro atoms. The lowest BCUT2D eigenvalue weighted by Gasteiger charge is -2.03. The lowest BCUT2D eigenvalue weighted by Crippen LogP contribution is -2.06. The first-order valence-corrected chi connectivity index (χ1v) is 7.65. The SMILES string of the molecule is N#C/C(=N\OS(=O)(=O)c1ccc(C(=O)O)cc1)c1ccccc1. The molecule has 0 unspecified atom stereocenters. The molecule has 0 heterocycles. The molecule has 0 saturated heterocycles. The predicted molar refractivity (Wildman–Crippen MR) is 80.3 cm³/mol. The Kier molecular flexibility index (Phi) is 4.73. The summed E-state index contributed by atoms with van der Waals surface area (Å²) in [4.78, 5) is 10.5. The molecule has 0 amide bonds. The molecule has 0 aliphatic rings. The largest absolute Gasteiger partial charge is 0.478 e. The summed E-state index contributed by atoms with van der Waals surface area (Å²) in [5, 5.41) is 21.2. The highest BCUT2D eigenvalue weighted by atomic mass is 32.2. The summed E-state index contributed by atoms with van der Waals surface area (Å²) in [6.45, 7) is 0. The van der Waals surface area contributed by atoms with E-state index in [9.17, 15) is 13.2 Å². The molecular formula is C15H10N2O5S. The minimum Gasteiger partial charge on any atom is -0.478 e. The first-order valence-electron chi connectivity index (χ1n) is 6.24. The zero-order valence-electron chi connectivity index (χ0n) is 11.6. The summed E-state index contributed by atoms with van der Waals surface area (Å²) in [6.07, 6.45) is 0. The van der Waals surface area contributed by atoms with E-state index in [4.69, 9.17) is 10.4 Å². The molecular weight excluding hydrogens is 320 g/mol. The van der Waals surface area contributed by atoms with Gasteiger partial charge in [0.25, 0.3) is 0 Å². The molecule has 23 heavy (non-hydrogen) atoms. The maximum absolute atomic E-state index is 12.0. The van der Waals surface area contributed by atoms with Crippen LogP contribution >= 0.6 is 0 Å². The van der Waals surface area contributed by atoms with Gasteiger partial charge in [-0.2, -0.15) is 13.7 Å². The van der Waals surface area contributed by atoms with Gasteiger partial charge in [-0.05, 0) is 24.3 Å². The second-order valence-corrected chi connectivity index (χ2v) is 5.80. The second kappa shape index (κ2) is 6.72. The number of carboxylic acid groups (broad SMARTS) is 1. The molecule has 0 aliphatic carbocycles. The maximum Gasteiger partial charge on any atom is 0.358 e. The number of aromatic carboxylic acids is 1. The van der Waals surface area contributed by atoms with Crippen LogP contribution in [0.4, 0.5) is 0 Å². The summed E-state index contributed by atoms with van der Waals surface area (Å²) in [7, 11) is -4.25. The van der Waals surface area contributed by atoms with Crippen LogP contribution in [-0.2, 0) is 14.4 Å². The molecule has 0 bridgehead atoms. The Hall–Kier alpha value is -3.18. The molecule has 0 atom stereocenters. The van der Waals surface area contributed by atoms with Crippen LogP contribution in [0.3, 0.4) is 0 Å². The Labute approximate surface area is 132 Å². The molecule has 0 radical (unpaired) electrons. The summed E-state index contributed by atoms with van der Waals surface area (Å²) in [5.41, 5.74) is 0.150. The van der Waals surface area contributed by atoms with Crippen LogP contribution in [0.25, 0.3) is 0 Å². The van der Waals surface area contributed by atoms with Gasteiger partial charge >= 0.3 is 16.1 Å². The molecule has 2 rings (SSSR count). The maximum atomic E-state index is 12.0. The lowest BCUT2D eigenvalue weighted by molar-refractivity contribution is 0.0696. The highest BCUT2D eigenvalue weighted by Crippen LogP contribution is 2.14. The van der Waals surface area contributed by atoms with Crippen molar-refractivity contribution >= 4 is 21.8 Å². The van der Waals surface area contributed by atoms with Crippen molar-refractivity contribution in [1.29, 1.82) is 5.26 Å². The van der Waals surface area contributed by atoms with Crippen LogP contribution in [0.5, 0.6) is 0 Å². The fourth-order valence-electron chi connectivity index (χ4n) is 1.63. The molecule has 7 nitrogen and oxygen atoms in total. The smallest absolute Gasteiger partial charge is 0.358 e. The van der Waals surface area contributed by atoms with E-state index in [1.54, 1.807) is 36.4 Å². The van der Waals surface area contributed by atoms with E-state index in [1.807, 2.05) is 0 Å². The number of rotatable bonds is 5. The van der Waals surface area contributed by atoms with Crippen molar-refractivity contribution in [1.82, 2.24) is 0 Å². The third-order valence-electron chi connectivity index (χ3n) is 2.77. The number of nitrogens with zero attached hydrogens (tertiary/aromatic N) is 2. The third-order valence-corrected chi connectivity index (χ3v) is 3.89. The second-order valence-electron chi connectivity index (χ2n) is 4.28. The normalized spacial score (nSPS) is 11.5. The number of benzene rings is 2. The van der Waals surface area contributed by atoms with E-state index < -0.39 is 16.1 Å². The number of carbonyl (C=O) groups is 1. The zero-order chi connectivity index (χ0) is 16.9. The summed E-state index contributed by atoms with van der Waals surface area (Å²) < 4.78 is 28.5. The molecule has 2 aromatic carbocycles. The van der Waals surface area contributed by atoms with E-state index in [0.29, 0.717) is 5.56 Å². The average Bonchev–Trinajstić information content (AvgIpc) is 2.56. The lowest BCUT2D eigenvalue weighted by atomic mass is 10.1. The summed E-state index contributed by atoms with van der Waals surface area (Å²) >= 11 is 0. The summed E-state index contributed by atoms with van der Waals surface area (Å²) in [6, 6.07) is 14.4. The minimum atomic E-state index is -4.25. The van der Waals surface area contributed by atoms with Crippen molar-refractivity contribution in [2.24, 2.45) is 5.16 Å². The quantitative estimate of drug-likeness (QED) is 0.662. The topological polar surface area (TPSA) is 117 Å². The van der Waals surface area contributed by atoms with Gasteiger partial charge < -0.3 is 5.11 Å². The standard InChI is InChI=1S/C15H10N2O5S/c16-10-14(11-4-2-1-3-5-11)17-22-23(20,21)13-8-6-12(7-9-13)15(18)19/h1-9H,(H,18,19)/b17-14+. The molecule has 1 N–H and O–H groups in total. The molecule has 0 fully saturated rings. The highest BCUT2D eigenvalue weighted by Gasteiger charge is 2.17. The van der Waals surface area contributed by atoms with Crippen molar-refractivity contribution in [3.8, 4) is 6.07 Å². The fraction of sp³-hybridized carbons (Fsp3) is 0. The van der Waals surface area contributed by atoms with Crippen LogP contribution in [-0.4, -0.2) is 25.2 Å². The van der Waals surface area contributed by atoms with Gasteiger partial charge in [0.1, 0.15) is 11.0 Å². The van der Waals surface area contributed by atoms with E-state index >= 15 is 0 Å². The van der Waals surface area contributed by atoms with Crippen molar-refractivity contribution in [2.75, 3.05) is 0 Å². The van der Waals surface area contributed by atoms with Gasteiger partial charge in [-0.25, -0.2) is 4.79 Å². The van der Waals surface area contributed by atoms with Crippen LogP contribution < -0.4 is 0 Å². The van der Waals surface area contributed by atoms with Crippen molar-refractivity contribution < 1.29 is 22.6 Å². The van der Waals surface area contributed by atoms with Gasteiger partial charge in [0.15, 0.2) is 5.71 Å². The number of nitriles is 1. The Morgan fingerprint density at radius 3 is 2.17 bits per heavy atom. The fourth-order valence-corrected chi connectivity index (χ4v) is 2.36. The number of hydrogen-bond acceptors (Lipinski definition) is 6. The van der Waals surface area contributed by atoms with E-state index in [2.05, 4.69) is 9.44 Å². The van der Waals surface area contributed by atoms with Gasteiger partial charge in [-0.3, -0.25) is 4.28 Å². The number of carboxylic acids is 1. The summed E-state index contributed by atoms with van der Waals surface area (Å²) in [5.74, 6) is -1.18. The van der Waals surface area contributed by atoms with Gasteiger partial charge in [0.2, 0.25) is 0 Å². The van der Waals surface area contributed by atoms with Gasteiger partial charge in [-0.15, -0.1) is 0 Å². The van der Waals surface area contributed by atoms with Gasteiger partial charge in [-0.1, -0.05) is 35.5 Å².